The Morgan fingerprint density at radius 1 is 1.35 bits per heavy atom. The molecule has 1 aliphatic rings. The largest absolute Gasteiger partial charge is 0.368 e. The zero-order valence-corrected chi connectivity index (χ0v) is 10.0. The van der Waals surface area contributed by atoms with Crippen molar-refractivity contribution in [2.45, 2.75) is 13.0 Å². The fourth-order valence-corrected chi connectivity index (χ4v) is 2.06. The highest BCUT2D eigenvalue weighted by Gasteiger charge is 2.24. The smallest absolute Gasteiger partial charge is 0.234 e. The van der Waals surface area contributed by atoms with Crippen molar-refractivity contribution in [1.82, 2.24) is 9.88 Å². The third-order valence-electron chi connectivity index (χ3n) is 3.25. The van der Waals surface area contributed by atoms with Crippen LogP contribution in [0.15, 0.2) is 24.4 Å². The molecule has 17 heavy (non-hydrogen) atoms. The summed E-state index contributed by atoms with van der Waals surface area (Å²) in [7, 11) is 0. The van der Waals surface area contributed by atoms with E-state index in [-0.39, 0.29) is 11.9 Å². The predicted molar refractivity (Wildman–Crippen MR) is 66.7 cm³/mol. The summed E-state index contributed by atoms with van der Waals surface area (Å²) < 4.78 is 0. The van der Waals surface area contributed by atoms with Crippen molar-refractivity contribution in [2.24, 2.45) is 5.73 Å². The maximum absolute atomic E-state index is 11.1. The number of hydrogen-bond donors (Lipinski definition) is 1. The molecule has 0 saturated carbocycles. The van der Waals surface area contributed by atoms with Gasteiger partial charge in [-0.25, -0.2) is 4.98 Å². The summed E-state index contributed by atoms with van der Waals surface area (Å²) in [5.41, 5.74) is 5.31. The third-order valence-corrected chi connectivity index (χ3v) is 3.25. The average molecular weight is 234 g/mol. The van der Waals surface area contributed by atoms with E-state index >= 15 is 0 Å². The topological polar surface area (TPSA) is 62.5 Å². The number of piperazine rings is 1. The number of anilines is 1. The van der Waals surface area contributed by atoms with Gasteiger partial charge in [0.05, 0.1) is 6.04 Å². The maximum atomic E-state index is 11.1. The van der Waals surface area contributed by atoms with Gasteiger partial charge in [-0.05, 0) is 19.1 Å². The molecule has 5 heteroatoms. The van der Waals surface area contributed by atoms with Crippen LogP contribution in [0, 0.1) is 0 Å². The van der Waals surface area contributed by atoms with Crippen LogP contribution in [0.5, 0.6) is 0 Å². The zero-order valence-electron chi connectivity index (χ0n) is 10.0. The van der Waals surface area contributed by atoms with Crippen molar-refractivity contribution in [1.29, 1.82) is 0 Å². The third kappa shape index (κ3) is 2.74. The molecule has 1 aromatic heterocycles. The van der Waals surface area contributed by atoms with Crippen LogP contribution in [0.2, 0.25) is 0 Å². The van der Waals surface area contributed by atoms with E-state index in [9.17, 15) is 4.79 Å². The van der Waals surface area contributed by atoms with Gasteiger partial charge >= 0.3 is 0 Å². The van der Waals surface area contributed by atoms with Crippen LogP contribution in [0.1, 0.15) is 6.92 Å². The zero-order chi connectivity index (χ0) is 12.3. The van der Waals surface area contributed by atoms with Gasteiger partial charge in [0, 0.05) is 32.4 Å². The van der Waals surface area contributed by atoms with E-state index < -0.39 is 0 Å². The van der Waals surface area contributed by atoms with Gasteiger partial charge in [-0.3, -0.25) is 9.69 Å². The minimum atomic E-state index is -0.253. The second-order valence-corrected chi connectivity index (χ2v) is 4.29. The van der Waals surface area contributed by atoms with Gasteiger partial charge in [-0.2, -0.15) is 0 Å². The molecule has 2 rings (SSSR count). The number of nitrogens with zero attached hydrogens (tertiary/aromatic N) is 3. The summed E-state index contributed by atoms with van der Waals surface area (Å²) in [6.07, 6.45) is 1.80. The second-order valence-electron chi connectivity index (χ2n) is 4.29. The molecule has 1 amide bonds. The van der Waals surface area contributed by atoms with Crippen LogP contribution in [0.3, 0.4) is 0 Å². The van der Waals surface area contributed by atoms with Crippen LogP contribution in [0.4, 0.5) is 5.82 Å². The van der Waals surface area contributed by atoms with Gasteiger partial charge in [0.15, 0.2) is 0 Å². The minimum Gasteiger partial charge on any atom is -0.368 e. The summed E-state index contributed by atoms with van der Waals surface area (Å²) in [5.74, 6) is 0.746. The van der Waals surface area contributed by atoms with Crippen molar-refractivity contribution in [3.63, 3.8) is 0 Å². The Labute approximate surface area is 101 Å². The summed E-state index contributed by atoms with van der Waals surface area (Å²) in [5, 5.41) is 0. The van der Waals surface area contributed by atoms with Gasteiger partial charge in [-0.1, -0.05) is 6.07 Å². The van der Waals surface area contributed by atoms with Crippen LogP contribution >= 0.6 is 0 Å². The summed E-state index contributed by atoms with van der Waals surface area (Å²) in [4.78, 5) is 19.8. The molecule has 1 saturated heterocycles. The summed E-state index contributed by atoms with van der Waals surface area (Å²) >= 11 is 0. The summed E-state index contributed by atoms with van der Waals surface area (Å²) in [6.45, 7) is 5.32. The van der Waals surface area contributed by atoms with Gasteiger partial charge in [0.1, 0.15) is 5.82 Å². The van der Waals surface area contributed by atoms with Crippen LogP contribution in [-0.4, -0.2) is 48.0 Å². The number of hydrogen-bond acceptors (Lipinski definition) is 4. The monoisotopic (exact) mass is 234 g/mol. The lowest BCUT2D eigenvalue weighted by molar-refractivity contribution is -0.122. The fraction of sp³-hybridized carbons (Fsp3) is 0.500. The number of aromatic nitrogens is 1. The van der Waals surface area contributed by atoms with Gasteiger partial charge in [0.2, 0.25) is 5.91 Å². The van der Waals surface area contributed by atoms with Crippen molar-refractivity contribution in [2.75, 3.05) is 31.1 Å². The molecule has 0 radical (unpaired) electrons. The molecule has 0 aromatic carbocycles. The molecule has 0 aliphatic carbocycles. The molecular formula is C12H18N4O. The quantitative estimate of drug-likeness (QED) is 0.804. The van der Waals surface area contributed by atoms with E-state index in [4.69, 9.17) is 5.73 Å². The molecule has 1 aromatic rings. The van der Waals surface area contributed by atoms with E-state index in [1.54, 1.807) is 6.20 Å². The molecule has 92 valence electrons. The van der Waals surface area contributed by atoms with Crippen LogP contribution in [0.25, 0.3) is 0 Å². The van der Waals surface area contributed by atoms with Crippen molar-refractivity contribution in [3.8, 4) is 0 Å². The number of amides is 1. The van der Waals surface area contributed by atoms with E-state index in [0.717, 1.165) is 32.0 Å². The molecule has 0 bridgehead atoms. The van der Waals surface area contributed by atoms with Crippen molar-refractivity contribution >= 4 is 11.7 Å². The van der Waals surface area contributed by atoms with Gasteiger partial charge in [0.25, 0.3) is 0 Å². The maximum Gasteiger partial charge on any atom is 0.234 e. The molecule has 2 N–H and O–H groups in total. The first kappa shape index (κ1) is 11.9. The van der Waals surface area contributed by atoms with Crippen molar-refractivity contribution < 1.29 is 4.79 Å². The highest BCUT2D eigenvalue weighted by Crippen LogP contribution is 2.13. The Balaban J connectivity index is 1.93. The Bertz CT molecular complexity index is 373. The standard InChI is InChI=1S/C12H18N4O/c1-10(12(13)17)15-6-8-16(9-7-15)11-4-2-3-5-14-11/h2-5,10H,6-9H2,1H3,(H2,13,17)/t10-/m1/s1. The number of nitrogens with two attached hydrogens (primary N) is 1. The number of primary amides is 1. The molecule has 1 atom stereocenters. The highest BCUT2D eigenvalue weighted by atomic mass is 16.1. The fourth-order valence-electron chi connectivity index (χ4n) is 2.06. The van der Waals surface area contributed by atoms with Crippen LogP contribution in [-0.2, 0) is 4.79 Å². The molecular weight excluding hydrogens is 216 g/mol. The first-order chi connectivity index (χ1) is 8.18. The Hall–Kier alpha value is -1.62. The number of pyridine rings is 1. The first-order valence-electron chi connectivity index (χ1n) is 5.88. The van der Waals surface area contributed by atoms with E-state index in [1.807, 2.05) is 25.1 Å². The van der Waals surface area contributed by atoms with E-state index in [1.165, 1.54) is 0 Å². The molecule has 0 spiro atoms. The Kier molecular flexibility index (Phi) is 3.58. The highest BCUT2D eigenvalue weighted by molar-refractivity contribution is 5.79. The molecule has 1 aliphatic heterocycles. The Morgan fingerprint density at radius 2 is 2.06 bits per heavy atom. The van der Waals surface area contributed by atoms with Crippen LogP contribution < -0.4 is 10.6 Å². The normalized spacial score (nSPS) is 19.0. The number of carbonyl (C=O) groups is 1. The lowest BCUT2D eigenvalue weighted by Gasteiger charge is -2.37. The molecule has 2 heterocycles. The predicted octanol–water partition coefficient (Wildman–Crippen LogP) is 0.0774. The lowest BCUT2D eigenvalue weighted by atomic mass is 10.2. The molecule has 0 unspecified atom stereocenters. The van der Waals surface area contributed by atoms with E-state index in [0.29, 0.717) is 0 Å². The van der Waals surface area contributed by atoms with Gasteiger partial charge in [-0.15, -0.1) is 0 Å². The average Bonchev–Trinajstić information content (AvgIpc) is 2.39. The molecule has 1 fully saturated rings. The van der Waals surface area contributed by atoms with Gasteiger partial charge < -0.3 is 10.6 Å². The Morgan fingerprint density at radius 3 is 2.59 bits per heavy atom. The number of carbonyl (C=O) groups excluding carboxylic acids is 1. The van der Waals surface area contributed by atoms with Crippen molar-refractivity contribution in [3.05, 3.63) is 24.4 Å². The lowest BCUT2D eigenvalue weighted by Crippen LogP contribution is -2.53. The first-order valence-corrected chi connectivity index (χ1v) is 5.88. The SMILES string of the molecule is C[C@H](C(N)=O)N1CCN(c2ccccn2)CC1. The van der Waals surface area contributed by atoms with E-state index in [2.05, 4.69) is 14.8 Å². The minimum absolute atomic E-state index is 0.180. The molecule has 5 nitrogen and oxygen atoms in total. The summed E-state index contributed by atoms with van der Waals surface area (Å²) in [6, 6.07) is 5.73. The number of rotatable bonds is 3. The second kappa shape index (κ2) is 5.14.